The third kappa shape index (κ3) is 3.09. The van der Waals surface area contributed by atoms with Gasteiger partial charge < -0.3 is 20.0 Å². The average Bonchev–Trinajstić information content (AvgIpc) is 3.24. The van der Waals surface area contributed by atoms with Crippen LogP contribution in [0.15, 0.2) is 12.7 Å². The van der Waals surface area contributed by atoms with Gasteiger partial charge in [0.25, 0.3) is 0 Å². The maximum Gasteiger partial charge on any atom is 0.308 e. The van der Waals surface area contributed by atoms with Gasteiger partial charge in [0.1, 0.15) is 6.04 Å². The quantitative estimate of drug-likeness (QED) is 0.590. The summed E-state index contributed by atoms with van der Waals surface area (Å²) in [4.78, 5) is 43.1. The molecule has 0 aromatic rings. The number of carboxylic acids is 1. The van der Waals surface area contributed by atoms with Gasteiger partial charge in [0.05, 0.1) is 29.2 Å². The highest BCUT2D eigenvalue weighted by atomic mass is 32.2. The number of rotatable bonds is 7. The van der Waals surface area contributed by atoms with Gasteiger partial charge in [-0.05, 0) is 39.5 Å². The van der Waals surface area contributed by atoms with Gasteiger partial charge in [-0.25, -0.2) is 0 Å². The van der Waals surface area contributed by atoms with Crippen molar-refractivity contribution in [1.82, 2.24) is 9.80 Å². The van der Waals surface area contributed by atoms with Crippen molar-refractivity contribution in [2.75, 3.05) is 13.2 Å². The minimum Gasteiger partial charge on any atom is -0.481 e. The Morgan fingerprint density at radius 1 is 1.43 bits per heavy atom. The molecule has 3 heterocycles. The van der Waals surface area contributed by atoms with E-state index >= 15 is 0 Å². The van der Waals surface area contributed by atoms with Gasteiger partial charge in [-0.3, -0.25) is 14.4 Å². The van der Waals surface area contributed by atoms with Crippen LogP contribution in [0.2, 0.25) is 0 Å². The van der Waals surface area contributed by atoms with Crippen LogP contribution in [-0.2, 0) is 14.4 Å². The van der Waals surface area contributed by atoms with Crippen molar-refractivity contribution < 1.29 is 24.6 Å². The number of likely N-dealkylation sites (tertiary alicyclic amines) is 1. The number of nitrogens with zero attached hydrogens (tertiary/aromatic N) is 2. The number of fused-ring (bicyclic) bond motifs is 1. The van der Waals surface area contributed by atoms with Gasteiger partial charge in [-0.2, -0.15) is 0 Å². The Morgan fingerprint density at radius 3 is 2.53 bits per heavy atom. The zero-order valence-electron chi connectivity index (χ0n) is 18.5. The zero-order valence-corrected chi connectivity index (χ0v) is 19.3. The van der Waals surface area contributed by atoms with Crippen molar-refractivity contribution in [3.8, 4) is 0 Å². The molecule has 7 nitrogen and oxygen atoms in total. The first-order valence-electron chi connectivity index (χ1n) is 10.7. The van der Waals surface area contributed by atoms with Gasteiger partial charge in [0.15, 0.2) is 0 Å². The Labute approximate surface area is 182 Å². The number of aliphatic hydroxyl groups is 1. The fourth-order valence-corrected chi connectivity index (χ4v) is 8.19. The summed E-state index contributed by atoms with van der Waals surface area (Å²) < 4.78 is -0.783. The number of carboxylic acid groups (broad SMARTS) is 1. The number of aliphatic hydroxyl groups excluding tert-OH is 1. The van der Waals surface area contributed by atoms with Gasteiger partial charge in [0, 0.05) is 17.3 Å². The molecule has 0 aromatic carbocycles. The van der Waals surface area contributed by atoms with Gasteiger partial charge in [-0.1, -0.05) is 19.9 Å². The molecule has 8 heteroatoms. The smallest absolute Gasteiger partial charge is 0.308 e. The van der Waals surface area contributed by atoms with Gasteiger partial charge in [0.2, 0.25) is 11.8 Å². The molecule has 0 aromatic heterocycles. The van der Waals surface area contributed by atoms with Crippen LogP contribution < -0.4 is 0 Å². The van der Waals surface area contributed by atoms with Crippen LogP contribution in [0.5, 0.6) is 0 Å². The van der Waals surface area contributed by atoms with Gasteiger partial charge in [-0.15, -0.1) is 18.3 Å². The third-order valence-corrected chi connectivity index (χ3v) is 9.24. The monoisotopic (exact) mass is 438 g/mol. The van der Waals surface area contributed by atoms with Crippen LogP contribution in [-0.4, -0.2) is 78.6 Å². The summed E-state index contributed by atoms with van der Waals surface area (Å²) in [6.07, 6.45) is 2.84. The van der Waals surface area contributed by atoms with Crippen LogP contribution >= 0.6 is 11.8 Å². The van der Waals surface area contributed by atoms with E-state index in [1.807, 2.05) is 34.6 Å². The lowest BCUT2D eigenvalue weighted by Crippen LogP contribution is -2.61. The topological polar surface area (TPSA) is 98.2 Å². The van der Waals surface area contributed by atoms with E-state index in [0.29, 0.717) is 19.4 Å². The molecule has 168 valence electrons. The molecule has 2 bridgehead atoms. The maximum absolute atomic E-state index is 14.1. The Balaban J connectivity index is 2.18. The zero-order chi connectivity index (χ0) is 22.6. The summed E-state index contributed by atoms with van der Waals surface area (Å²) in [6, 6.07) is -1.31. The first-order valence-corrected chi connectivity index (χ1v) is 11.6. The predicted octanol–water partition coefficient (Wildman–Crippen LogP) is 1.99. The molecule has 3 rings (SSSR count). The van der Waals surface area contributed by atoms with E-state index in [9.17, 15) is 24.6 Å². The normalized spacial score (nSPS) is 36.0. The summed E-state index contributed by atoms with van der Waals surface area (Å²) in [6.45, 7) is 13.6. The van der Waals surface area contributed by atoms with Crippen LogP contribution in [0.3, 0.4) is 0 Å². The molecule has 3 fully saturated rings. The van der Waals surface area contributed by atoms with Crippen molar-refractivity contribution in [3.63, 3.8) is 0 Å². The fourth-order valence-electron chi connectivity index (χ4n) is 5.80. The first kappa shape index (κ1) is 23.1. The number of amides is 2. The maximum atomic E-state index is 14.1. The summed E-state index contributed by atoms with van der Waals surface area (Å²) in [5.41, 5.74) is -0.494. The van der Waals surface area contributed by atoms with Crippen LogP contribution in [0, 0.1) is 17.8 Å². The molecule has 3 aliphatic heterocycles. The first-order chi connectivity index (χ1) is 14.0. The van der Waals surface area contributed by atoms with E-state index in [1.165, 1.54) is 16.7 Å². The second-order valence-electron chi connectivity index (χ2n) is 9.79. The molecular formula is C22H34N2O5S. The van der Waals surface area contributed by atoms with Crippen molar-refractivity contribution >= 4 is 29.5 Å². The molecule has 3 unspecified atom stereocenters. The van der Waals surface area contributed by atoms with Crippen molar-refractivity contribution in [3.05, 3.63) is 12.7 Å². The fraction of sp³-hybridized carbons (Fsp3) is 0.773. The third-order valence-electron chi connectivity index (χ3n) is 7.17. The Kier molecular flexibility index (Phi) is 6.06. The molecule has 0 aliphatic carbocycles. The van der Waals surface area contributed by atoms with E-state index < -0.39 is 40.2 Å². The molecule has 7 atom stereocenters. The largest absolute Gasteiger partial charge is 0.481 e. The highest BCUT2D eigenvalue weighted by molar-refractivity contribution is 8.02. The van der Waals surface area contributed by atoms with Crippen LogP contribution in [0.25, 0.3) is 0 Å². The van der Waals surface area contributed by atoms with E-state index in [1.54, 1.807) is 11.0 Å². The second-order valence-corrected chi connectivity index (χ2v) is 11.3. The minimum atomic E-state index is -0.969. The number of carbonyl (C=O) groups excluding carboxylic acids is 2. The lowest BCUT2D eigenvalue weighted by molar-refractivity contribution is -0.150. The average molecular weight is 439 g/mol. The summed E-state index contributed by atoms with van der Waals surface area (Å²) in [5, 5.41) is 19.8. The molecule has 0 radical (unpaired) electrons. The molecule has 3 aliphatic rings. The van der Waals surface area contributed by atoms with Crippen LogP contribution in [0.4, 0.5) is 0 Å². The molecule has 30 heavy (non-hydrogen) atoms. The Bertz CT molecular complexity index is 746. The Morgan fingerprint density at radius 2 is 2.07 bits per heavy atom. The molecular weight excluding hydrogens is 404 g/mol. The number of thioether (sulfide) groups is 1. The number of hydrogen-bond donors (Lipinski definition) is 2. The van der Waals surface area contributed by atoms with Crippen LogP contribution in [0.1, 0.15) is 47.5 Å². The molecule has 1 spiro atoms. The van der Waals surface area contributed by atoms with Gasteiger partial charge >= 0.3 is 5.97 Å². The number of aliphatic carboxylic acids is 1. The minimum absolute atomic E-state index is 0.0257. The highest BCUT2D eigenvalue weighted by Gasteiger charge is 2.77. The van der Waals surface area contributed by atoms with E-state index in [4.69, 9.17) is 0 Å². The SMILES string of the molecule is C=CCN(C(=O)C1N([C@@H](CC)CO)C(=O)[C@@H]2[C@H](C(=O)O)[C@@H]3CC(C)C12S3)C(C)(C)C. The van der Waals surface area contributed by atoms with E-state index in [2.05, 4.69) is 6.58 Å². The molecule has 2 N–H and O–H groups in total. The summed E-state index contributed by atoms with van der Waals surface area (Å²) in [5.74, 6) is -2.96. The van der Waals surface area contributed by atoms with E-state index in [-0.39, 0.29) is 29.6 Å². The molecule has 3 saturated heterocycles. The standard InChI is InChI=1S/C22H34N2O5S/c1-7-9-23(21(4,5)6)19(27)17-22-12(3)10-14(30-22)15(20(28)29)16(22)18(26)24(17)13(8-2)11-25/h7,12-17,25H,1,8-11H2,2-6H3,(H,28,29)/t12?,13-,14-,15+,16-,17?,22?/m0/s1. The number of carbonyl (C=O) groups is 3. The Hall–Kier alpha value is -1.54. The lowest BCUT2D eigenvalue weighted by Gasteiger charge is -2.45. The summed E-state index contributed by atoms with van der Waals surface area (Å²) in [7, 11) is 0. The van der Waals surface area contributed by atoms with Crippen molar-refractivity contribution in [2.45, 2.75) is 75.1 Å². The predicted molar refractivity (Wildman–Crippen MR) is 116 cm³/mol. The van der Waals surface area contributed by atoms with Crippen molar-refractivity contribution in [1.29, 1.82) is 0 Å². The molecule has 2 amide bonds. The highest BCUT2D eigenvalue weighted by Crippen LogP contribution is 2.69. The molecule has 0 saturated carbocycles. The second kappa shape index (κ2) is 7.86. The van der Waals surface area contributed by atoms with Crippen molar-refractivity contribution in [2.24, 2.45) is 17.8 Å². The summed E-state index contributed by atoms with van der Waals surface area (Å²) >= 11 is 1.52. The van der Waals surface area contributed by atoms with E-state index in [0.717, 1.165) is 0 Å². The number of hydrogen-bond acceptors (Lipinski definition) is 5. The lowest BCUT2D eigenvalue weighted by atomic mass is 9.66.